The van der Waals surface area contributed by atoms with Gasteiger partial charge in [0.1, 0.15) is 5.82 Å². The fourth-order valence-electron chi connectivity index (χ4n) is 2.27. The molecular formula is C16H21N5. The van der Waals surface area contributed by atoms with E-state index in [1.165, 1.54) is 5.56 Å². The number of hydrogen-bond donors (Lipinski definition) is 2. The van der Waals surface area contributed by atoms with Crippen LogP contribution in [0.4, 0.5) is 5.69 Å². The van der Waals surface area contributed by atoms with Crippen molar-refractivity contribution in [2.45, 2.75) is 39.8 Å². The Bertz CT molecular complexity index is 760. The van der Waals surface area contributed by atoms with E-state index in [4.69, 9.17) is 0 Å². The molecule has 5 heteroatoms. The molecule has 5 nitrogen and oxygen atoms in total. The van der Waals surface area contributed by atoms with Crippen LogP contribution in [0.3, 0.4) is 0 Å². The largest absolute Gasteiger partial charge is 0.381 e. The van der Waals surface area contributed by atoms with Gasteiger partial charge < -0.3 is 10.3 Å². The summed E-state index contributed by atoms with van der Waals surface area (Å²) in [6.45, 7) is 9.16. The van der Waals surface area contributed by atoms with Gasteiger partial charge in [-0.25, -0.2) is 4.98 Å². The van der Waals surface area contributed by atoms with Crippen LogP contribution in [0.15, 0.2) is 30.6 Å². The molecule has 110 valence electrons. The molecule has 0 saturated carbocycles. The zero-order valence-electron chi connectivity index (χ0n) is 12.9. The molecule has 0 bridgehead atoms. The third kappa shape index (κ3) is 2.91. The smallest absolute Gasteiger partial charge is 0.104 e. The van der Waals surface area contributed by atoms with E-state index in [0.29, 0.717) is 0 Å². The van der Waals surface area contributed by atoms with E-state index < -0.39 is 0 Å². The lowest BCUT2D eigenvalue weighted by atomic mass is 10.1. The molecule has 3 aromatic rings. The van der Waals surface area contributed by atoms with E-state index in [0.717, 1.165) is 29.1 Å². The van der Waals surface area contributed by atoms with Crippen LogP contribution in [0.2, 0.25) is 0 Å². The minimum atomic E-state index is 0.0185. The molecule has 1 aromatic carbocycles. The van der Waals surface area contributed by atoms with Gasteiger partial charge >= 0.3 is 0 Å². The van der Waals surface area contributed by atoms with E-state index in [1.807, 2.05) is 23.9 Å². The maximum absolute atomic E-state index is 4.41. The summed E-state index contributed by atoms with van der Waals surface area (Å²) in [5.74, 6) is 0.939. The molecule has 0 unspecified atom stereocenters. The summed E-state index contributed by atoms with van der Waals surface area (Å²) in [6, 6.07) is 6.17. The Morgan fingerprint density at radius 2 is 2.10 bits per heavy atom. The first-order valence-electron chi connectivity index (χ1n) is 7.16. The number of nitrogens with one attached hydrogen (secondary N) is 2. The Labute approximate surface area is 124 Å². The number of anilines is 1. The molecule has 3 rings (SSSR count). The second-order valence-electron chi connectivity index (χ2n) is 6.37. The van der Waals surface area contributed by atoms with Crippen molar-refractivity contribution in [2.75, 3.05) is 5.32 Å². The topological polar surface area (TPSA) is 58.5 Å². The summed E-state index contributed by atoms with van der Waals surface area (Å²) in [4.78, 5) is 7.66. The van der Waals surface area contributed by atoms with E-state index in [9.17, 15) is 0 Å². The number of benzene rings is 1. The summed E-state index contributed by atoms with van der Waals surface area (Å²) in [5.41, 5.74) is 4.33. The molecule has 0 aliphatic rings. The molecule has 0 amide bonds. The Balaban J connectivity index is 1.72. The van der Waals surface area contributed by atoms with Crippen molar-refractivity contribution in [3.63, 3.8) is 0 Å². The van der Waals surface area contributed by atoms with Crippen LogP contribution in [-0.2, 0) is 12.1 Å². The fraction of sp³-hybridized carbons (Fsp3) is 0.375. The van der Waals surface area contributed by atoms with Gasteiger partial charge in [-0.05, 0) is 45.9 Å². The Morgan fingerprint density at radius 1 is 1.29 bits per heavy atom. The summed E-state index contributed by atoms with van der Waals surface area (Å²) < 4.78 is 1.99. The monoisotopic (exact) mass is 283 g/mol. The third-order valence-electron chi connectivity index (χ3n) is 3.42. The van der Waals surface area contributed by atoms with E-state index in [-0.39, 0.29) is 5.54 Å². The van der Waals surface area contributed by atoms with Crippen LogP contribution in [0.25, 0.3) is 11.0 Å². The van der Waals surface area contributed by atoms with Gasteiger partial charge in [0.25, 0.3) is 0 Å². The number of aromatic nitrogens is 4. The molecule has 2 aromatic heterocycles. The Hall–Kier alpha value is -2.30. The van der Waals surface area contributed by atoms with Crippen molar-refractivity contribution >= 4 is 16.7 Å². The van der Waals surface area contributed by atoms with Crippen LogP contribution < -0.4 is 5.32 Å². The number of aromatic amines is 1. The lowest BCUT2D eigenvalue weighted by molar-refractivity contribution is 0.355. The van der Waals surface area contributed by atoms with Gasteiger partial charge in [0, 0.05) is 24.0 Å². The van der Waals surface area contributed by atoms with E-state index >= 15 is 0 Å². The average Bonchev–Trinajstić information content (AvgIpc) is 3.00. The predicted molar refractivity (Wildman–Crippen MR) is 85.4 cm³/mol. The number of imidazole rings is 1. The number of fused-ring (bicyclic) bond motifs is 1. The van der Waals surface area contributed by atoms with Crippen molar-refractivity contribution in [1.82, 2.24) is 19.7 Å². The maximum atomic E-state index is 4.41. The molecule has 0 atom stereocenters. The second kappa shape index (κ2) is 4.91. The van der Waals surface area contributed by atoms with Crippen LogP contribution in [0, 0.1) is 6.92 Å². The zero-order valence-corrected chi connectivity index (χ0v) is 12.9. The minimum Gasteiger partial charge on any atom is -0.381 e. The van der Waals surface area contributed by atoms with Crippen LogP contribution in [0.1, 0.15) is 32.2 Å². The first-order valence-corrected chi connectivity index (χ1v) is 7.16. The second-order valence-corrected chi connectivity index (χ2v) is 6.37. The fourth-order valence-corrected chi connectivity index (χ4v) is 2.27. The van der Waals surface area contributed by atoms with Crippen molar-refractivity contribution in [3.8, 4) is 0 Å². The van der Waals surface area contributed by atoms with Crippen molar-refractivity contribution < 1.29 is 0 Å². The molecule has 0 aliphatic carbocycles. The summed E-state index contributed by atoms with van der Waals surface area (Å²) in [7, 11) is 0. The van der Waals surface area contributed by atoms with Crippen LogP contribution in [-0.4, -0.2) is 19.7 Å². The van der Waals surface area contributed by atoms with Gasteiger partial charge in [0.15, 0.2) is 0 Å². The predicted octanol–water partition coefficient (Wildman–Crippen LogP) is 3.43. The first kappa shape index (κ1) is 13.7. The zero-order chi connectivity index (χ0) is 15.0. The van der Waals surface area contributed by atoms with Crippen molar-refractivity contribution in [1.29, 1.82) is 0 Å². The number of rotatable bonds is 3. The highest BCUT2D eigenvalue weighted by atomic mass is 15.3. The highest BCUT2D eigenvalue weighted by Gasteiger charge is 2.13. The number of H-pyrrole nitrogens is 1. The van der Waals surface area contributed by atoms with Gasteiger partial charge in [-0.1, -0.05) is 0 Å². The first-order chi connectivity index (χ1) is 9.91. The van der Waals surface area contributed by atoms with Crippen LogP contribution in [0.5, 0.6) is 0 Å². The molecule has 0 saturated heterocycles. The Kier molecular flexibility index (Phi) is 3.20. The average molecular weight is 283 g/mol. The number of hydrogen-bond acceptors (Lipinski definition) is 3. The van der Waals surface area contributed by atoms with Crippen molar-refractivity contribution in [3.05, 3.63) is 42.0 Å². The molecule has 2 heterocycles. The molecule has 0 spiro atoms. The quantitative estimate of drug-likeness (QED) is 0.774. The molecular weight excluding hydrogens is 262 g/mol. The lowest BCUT2D eigenvalue weighted by Gasteiger charge is -2.18. The maximum Gasteiger partial charge on any atom is 0.104 e. The lowest BCUT2D eigenvalue weighted by Crippen LogP contribution is -2.21. The SMILES string of the molecule is Cc1nc2ccc(NCc3cnn(C(C)(C)C)c3)cc2[nH]1. The van der Waals surface area contributed by atoms with Gasteiger partial charge in [-0.2, -0.15) is 5.10 Å². The molecule has 0 aliphatic heterocycles. The number of nitrogens with zero attached hydrogens (tertiary/aromatic N) is 3. The van der Waals surface area contributed by atoms with E-state index in [2.05, 4.69) is 59.5 Å². The highest BCUT2D eigenvalue weighted by Crippen LogP contribution is 2.18. The minimum absolute atomic E-state index is 0.0185. The Morgan fingerprint density at radius 3 is 2.81 bits per heavy atom. The standard InChI is InChI=1S/C16H21N5/c1-11-19-14-6-5-13(7-15(14)20-11)17-8-12-9-18-21(10-12)16(2,3)4/h5-7,9-10,17H,8H2,1-4H3,(H,19,20). The molecule has 0 radical (unpaired) electrons. The summed E-state index contributed by atoms with van der Waals surface area (Å²) >= 11 is 0. The molecule has 21 heavy (non-hydrogen) atoms. The van der Waals surface area contributed by atoms with Crippen LogP contribution >= 0.6 is 0 Å². The van der Waals surface area contributed by atoms with Gasteiger partial charge in [-0.15, -0.1) is 0 Å². The van der Waals surface area contributed by atoms with Gasteiger partial charge in [0.2, 0.25) is 0 Å². The third-order valence-corrected chi connectivity index (χ3v) is 3.42. The summed E-state index contributed by atoms with van der Waals surface area (Å²) in [5, 5.41) is 7.84. The van der Waals surface area contributed by atoms with Crippen molar-refractivity contribution in [2.24, 2.45) is 0 Å². The summed E-state index contributed by atoms with van der Waals surface area (Å²) in [6.07, 6.45) is 4.00. The molecule has 2 N–H and O–H groups in total. The van der Waals surface area contributed by atoms with Gasteiger partial charge in [-0.3, -0.25) is 4.68 Å². The van der Waals surface area contributed by atoms with E-state index in [1.54, 1.807) is 0 Å². The normalized spacial score (nSPS) is 12.0. The number of aryl methyl sites for hydroxylation is 1. The highest BCUT2D eigenvalue weighted by molar-refractivity contribution is 5.79. The van der Waals surface area contributed by atoms with Gasteiger partial charge in [0.05, 0.1) is 22.8 Å². The molecule has 0 fully saturated rings.